The van der Waals surface area contributed by atoms with E-state index < -0.39 is 0 Å². The summed E-state index contributed by atoms with van der Waals surface area (Å²) in [6.07, 6.45) is 2.50. The van der Waals surface area contributed by atoms with Gasteiger partial charge in [-0.2, -0.15) is 5.92 Å². The molecule has 1 unspecified atom stereocenters. The Morgan fingerprint density at radius 1 is 1.07 bits per heavy atom. The Balaban J connectivity index is -0.000000605. The summed E-state index contributed by atoms with van der Waals surface area (Å²) in [6.45, 7) is 17.9. The van der Waals surface area contributed by atoms with E-state index in [1.165, 1.54) is 12.8 Å². The third kappa shape index (κ3) is 13.1. The maximum absolute atomic E-state index is 4.05. The predicted octanol–water partition coefficient (Wildman–Crippen LogP) is 4.76. The zero-order valence-corrected chi connectivity index (χ0v) is 14.1. The monoisotopic (exact) mass is 273 g/mol. The van der Waals surface area contributed by atoms with Gasteiger partial charge in [-0.05, 0) is 17.3 Å². The summed E-state index contributed by atoms with van der Waals surface area (Å²) in [6, 6.07) is 0. The van der Waals surface area contributed by atoms with Crippen molar-refractivity contribution in [1.82, 2.24) is 0 Å². The third-order valence-electron chi connectivity index (χ3n) is 1.91. The van der Waals surface area contributed by atoms with Gasteiger partial charge in [-0.25, -0.2) is 0 Å². The molecule has 0 amide bonds. The molecule has 0 aliphatic heterocycles. The second kappa shape index (κ2) is 7.39. The van der Waals surface area contributed by atoms with Gasteiger partial charge in [-0.15, -0.1) is 0 Å². The van der Waals surface area contributed by atoms with Crippen LogP contribution in [0, 0.1) is 31.1 Å². The minimum absolute atomic E-state index is 0. The van der Waals surface area contributed by atoms with Crippen molar-refractivity contribution < 1.29 is 32.7 Å². The van der Waals surface area contributed by atoms with E-state index in [0.29, 0.717) is 16.7 Å². The van der Waals surface area contributed by atoms with Gasteiger partial charge >= 0.3 is 0 Å². The molecule has 0 aliphatic carbocycles. The van der Waals surface area contributed by atoms with Crippen molar-refractivity contribution in [3.05, 3.63) is 14.4 Å². The van der Waals surface area contributed by atoms with Gasteiger partial charge in [0.1, 0.15) is 0 Å². The van der Waals surface area contributed by atoms with E-state index in [9.17, 15) is 0 Å². The van der Waals surface area contributed by atoms with E-state index >= 15 is 0 Å². The first-order chi connectivity index (χ1) is 5.12. The molecule has 1 radical (unpaired) electrons. The molecule has 0 heterocycles. The van der Waals surface area contributed by atoms with Gasteiger partial charge in [0.15, 0.2) is 0 Å². The van der Waals surface area contributed by atoms with Crippen LogP contribution in [0.4, 0.5) is 0 Å². The van der Waals surface area contributed by atoms with Crippen LogP contribution in [0.5, 0.6) is 0 Å². The summed E-state index contributed by atoms with van der Waals surface area (Å²) in [5.74, 6) is 0.572. The Labute approximate surface area is 118 Å². The third-order valence-corrected chi connectivity index (χ3v) is 1.91. The van der Waals surface area contributed by atoms with Crippen molar-refractivity contribution in [2.45, 2.75) is 54.4 Å². The zero-order valence-electron chi connectivity index (χ0n) is 11.3. The Kier molecular flexibility index (Phi) is 10.8. The fourth-order valence-electron chi connectivity index (χ4n) is 2.45. The van der Waals surface area contributed by atoms with Crippen molar-refractivity contribution in [1.29, 1.82) is 0 Å². The van der Waals surface area contributed by atoms with Crippen LogP contribution in [0.15, 0.2) is 0 Å². The SMILES string of the molecule is [CH2-]C(C)CC(C)(C)CC(C)(C)C.[CH3-].[Y]. The minimum atomic E-state index is 0. The maximum atomic E-state index is 4.05. The maximum Gasteiger partial charge on any atom is 0 e. The van der Waals surface area contributed by atoms with Crippen LogP contribution in [0.3, 0.4) is 0 Å². The van der Waals surface area contributed by atoms with Crippen LogP contribution >= 0.6 is 0 Å². The summed E-state index contributed by atoms with van der Waals surface area (Å²) >= 11 is 0. The van der Waals surface area contributed by atoms with Gasteiger partial charge in [0.2, 0.25) is 0 Å². The largest absolute Gasteiger partial charge is 0.358 e. The van der Waals surface area contributed by atoms with E-state index in [1.807, 2.05) is 0 Å². The van der Waals surface area contributed by atoms with Crippen molar-refractivity contribution >= 4 is 0 Å². The molecule has 85 valence electrons. The molecule has 0 N–H and O–H groups in total. The molecule has 0 saturated heterocycles. The topological polar surface area (TPSA) is 0 Å². The fourth-order valence-corrected chi connectivity index (χ4v) is 2.45. The first-order valence-corrected chi connectivity index (χ1v) is 4.95. The summed E-state index contributed by atoms with van der Waals surface area (Å²) < 4.78 is 0. The Morgan fingerprint density at radius 2 is 1.43 bits per heavy atom. The first-order valence-electron chi connectivity index (χ1n) is 4.95. The molecule has 0 aromatic rings. The molecule has 1 atom stereocenters. The van der Waals surface area contributed by atoms with Crippen LogP contribution in [-0.4, -0.2) is 0 Å². The summed E-state index contributed by atoms with van der Waals surface area (Å²) in [7, 11) is 0. The number of hydrogen-bond acceptors (Lipinski definition) is 0. The summed E-state index contributed by atoms with van der Waals surface area (Å²) in [5, 5.41) is 0. The minimum Gasteiger partial charge on any atom is -0.358 e. The standard InChI is InChI=1S/C12H25.CH3.Y/c1-10(2)8-12(6,7)9-11(3,4)5;;/h10H,1,8-9H2,2-7H3;1H3;/q2*-1;. The van der Waals surface area contributed by atoms with E-state index in [1.54, 1.807) is 0 Å². The molecule has 1 heteroatoms. The molecule has 0 bridgehead atoms. The van der Waals surface area contributed by atoms with E-state index in [4.69, 9.17) is 0 Å². The molecular weight excluding hydrogens is 245 g/mol. The Morgan fingerprint density at radius 3 is 1.64 bits per heavy atom. The van der Waals surface area contributed by atoms with Gasteiger partial charge in [0.25, 0.3) is 0 Å². The predicted molar refractivity (Wildman–Crippen MR) is 63.4 cm³/mol. The van der Waals surface area contributed by atoms with E-state index in [-0.39, 0.29) is 40.1 Å². The van der Waals surface area contributed by atoms with Crippen molar-refractivity contribution in [2.24, 2.45) is 16.7 Å². The van der Waals surface area contributed by atoms with Gasteiger partial charge in [0, 0.05) is 32.7 Å². The van der Waals surface area contributed by atoms with Gasteiger partial charge in [-0.3, -0.25) is 0 Å². The van der Waals surface area contributed by atoms with E-state index in [0.717, 1.165) is 0 Å². The van der Waals surface area contributed by atoms with Gasteiger partial charge in [-0.1, -0.05) is 48.0 Å². The van der Waals surface area contributed by atoms with Crippen LogP contribution in [0.2, 0.25) is 0 Å². The summed E-state index contributed by atoms with van der Waals surface area (Å²) in [5.41, 5.74) is 0.887. The molecule has 14 heavy (non-hydrogen) atoms. The smallest absolute Gasteiger partial charge is 0 e. The van der Waals surface area contributed by atoms with Crippen molar-refractivity contribution in [3.8, 4) is 0 Å². The molecule has 0 spiro atoms. The average molecular weight is 273 g/mol. The van der Waals surface area contributed by atoms with Crippen molar-refractivity contribution in [3.63, 3.8) is 0 Å². The molecular formula is C13H28Y-2. The molecule has 0 rings (SSSR count). The van der Waals surface area contributed by atoms with Crippen LogP contribution in [0.25, 0.3) is 0 Å². The zero-order chi connectivity index (χ0) is 9.99. The quantitative estimate of drug-likeness (QED) is 0.650. The molecule has 0 saturated carbocycles. The molecule has 0 fully saturated rings. The Bertz CT molecular complexity index is 129. The number of rotatable bonds is 3. The van der Waals surface area contributed by atoms with Crippen molar-refractivity contribution in [2.75, 3.05) is 0 Å². The normalized spacial score (nSPS) is 13.9. The molecule has 0 aromatic heterocycles. The molecule has 0 aliphatic rings. The van der Waals surface area contributed by atoms with Gasteiger partial charge in [0.05, 0.1) is 0 Å². The molecule has 0 aromatic carbocycles. The summed E-state index contributed by atoms with van der Waals surface area (Å²) in [4.78, 5) is 0. The fraction of sp³-hybridized carbons (Fsp3) is 0.846. The molecule has 0 nitrogen and oxygen atoms in total. The Hall–Kier alpha value is 1.10. The van der Waals surface area contributed by atoms with Gasteiger partial charge < -0.3 is 14.4 Å². The first kappa shape index (κ1) is 20.5. The van der Waals surface area contributed by atoms with E-state index in [2.05, 4.69) is 48.5 Å². The second-order valence-corrected chi connectivity index (χ2v) is 6.21. The number of hydrogen-bond donors (Lipinski definition) is 0. The van der Waals surface area contributed by atoms with Crippen LogP contribution < -0.4 is 0 Å². The average Bonchev–Trinajstić information content (AvgIpc) is 1.48. The second-order valence-electron chi connectivity index (χ2n) is 6.21. The van der Waals surface area contributed by atoms with Crippen LogP contribution in [0.1, 0.15) is 54.4 Å². The van der Waals surface area contributed by atoms with Crippen LogP contribution in [-0.2, 0) is 32.7 Å².